The second-order valence-corrected chi connectivity index (χ2v) is 5.79. The fraction of sp³-hybridized carbons (Fsp3) is 0.250. The van der Waals surface area contributed by atoms with Gasteiger partial charge in [-0.15, -0.1) is 10.2 Å². The predicted octanol–water partition coefficient (Wildman–Crippen LogP) is 2.57. The monoisotopic (exact) mass is 341 g/mol. The molecule has 1 N–H and O–H groups in total. The molecule has 5 nitrogen and oxygen atoms in total. The number of benzene rings is 1. The maximum atomic E-state index is 10.6. The Kier molecular flexibility index (Phi) is 4.60. The number of carboxylic acid groups (broad SMARTS) is 1. The van der Waals surface area contributed by atoms with Crippen LogP contribution in [0.4, 0.5) is 0 Å². The van der Waals surface area contributed by atoms with Gasteiger partial charge in [-0.05, 0) is 24.6 Å². The van der Waals surface area contributed by atoms with Crippen LogP contribution in [-0.2, 0) is 11.3 Å². The van der Waals surface area contributed by atoms with Crippen molar-refractivity contribution in [3.8, 4) is 0 Å². The molecule has 0 aliphatic rings. The first kappa shape index (κ1) is 14.1. The van der Waals surface area contributed by atoms with Crippen LogP contribution in [0, 0.1) is 6.92 Å². The SMILES string of the molecule is Cc1nnc(SCC(=O)O)n1Cc1cccc(Br)c1. The molecule has 0 unspecified atom stereocenters. The van der Waals surface area contributed by atoms with Crippen LogP contribution in [0.1, 0.15) is 11.4 Å². The van der Waals surface area contributed by atoms with Crippen molar-refractivity contribution in [2.24, 2.45) is 0 Å². The van der Waals surface area contributed by atoms with E-state index in [4.69, 9.17) is 5.11 Å². The van der Waals surface area contributed by atoms with E-state index in [1.54, 1.807) is 0 Å². The van der Waals surface area contributed by atoms with E-state index < -0.39 is 5.97 Å². The van der Waals surface area contributed by atoms with Gasteiger partial charge in [-0.1, -0.05) is 39.8 Å². The van der Waals surface area contributed by atoms with E-state index in [9.17, 15) is 4.79 Å². The minimum Gasteiger partial charge on any atom is -0.481 e. The molecule has 0 bridgehead atoms. The fourth-order valence-corrected chi connectivity index (χ4v) is 2.74. The van der Waals surface area contributed by atoms with Crippen LogP contribution >= 0.6 is 27.7 Å². The number of nitrogens with zero attached hydrogens (tertiary/aromatic N) is 3. The van der Waals surface area contributed by atoms with Gasteiger partial charge < -0.3 is 9.67 Å². The van der Waals surface area contributed by atoms with Crippen LogP contribution in [0.2, 0.25) is 0 Å². The second kappa shape index (κ2) is 6.21. The van der Waals surface area contributed by atoms with Crippen LogP contribution in [0.5, 0.6) is 0 Å². The summed E-state index contributed by atoms with van der Waals surface area (Å²) in [6.45, 7) is 2.48. The molecule has 0 aliphatic carbocycles. The number of aliphatic carboxylic acids is 1. The van der Waals surface area contributed by atoms with Gasteiger partial charge >= 0.3 is 5.97 Å². The Hall–Kier alpha value is -1.34. The van der Waals surface area contributed by atoms with E-state index in [1.165, 1.54) is 11.8 Å². The largest absolute Gasteiger partial charge is 0.481 e. The van der Waals surface area contributed by atoms with E-state index in [-0.39, 0.29) is 5.75 Å². The number of carboxylic acids is 1. The zero-order valence-electron chi connectivity index (χ0n) is 10.2. The lowest BCUT2D eigenvalue weighted by molar-refractivity contribution is -0.133. The van der Waals surface area contributed by atoms with Crippen molar-refractivity contribution in [2.75, 3.05) is 5.75 Å². The highest BCUT2D eigenvalue weighted by molar-refractivity contribution is 9.10. The van der Waals surface area contributed by atoms with Gasteiger partial charge in [0.05, 0.1) is 12.3 Å². The van der Waals surface area contributed by atoms with Gasteiger partial charge in [-0.3, -0.25) is 4.79 Å². The van der Waals surface area contributed by atoms with E-state index in [2.05, 4.69) is 26.1 Å². The number of hydrogen-bond donors (Lipinski definition) is 1. The lowest BCUT2D eigenvalue weighted by Crippen LogP contribution is -2.06. The van der Waals surface area contributed by atoms with E-state index >= 15 is 0 Å². The summed E-state index contributed by atoms with van der Waals surface area (Å²) in [5.74, 6) is -0.108. The summed E-state index contributed by atoms with van der Waals surface area (Å²) in [4.78, 5) is 10.6. The number of hydrogen-bond acceptors (Lipinski definition) is 4. The summed E-state index contributed by atoms with van der Waals surface area (Å²) in [7, 11) is 0. The molecule has 0 fully saturated rings. The maximum Gasteiger partial charge on any atom is 0.313 e. The third-order valence-electron chi connectivity index (χ3n) is 2.46. The quantitative estimate of drug-likeness (QED) is 0.846. The third kappa shape index (κ3) is 3.81. The summed E-state index contributed by atoms with van der Waals surface area (Å²) in [6.07, 6.45) is 0. The molecule has 19 heavy (non-hydrogen) atoms. The van der Waals surface area contributed by atoms with Crippen LogP contribution in [-0.4, -0.2) is 31.6 Å². The number of aryl methyl sites for hydroxylation is 1. The zero-order valence-corrected chi connectivity index (χ0v) is 12.6. The summed E-state index contributed by atoms with van der Waals surface area (Å²) in [6, 6.07) is 7.95. The minimum atomic E-state index is -0.861. The van der Waals surface area contributed by atoms with E-state index in [0.717, 1.165) is 15.9 Å². The molecule has 1 aromatic carbocycles. The van der Waals surface area contributed by atoms with Crippen molar-refractivity contribution in [1.29, 1.82) is 0 Å². The Labute approximate surface area is 123 Å². The average molecular weight is 342 g/mol. The molecule has 0 saturated carbocycles. The van der Waals surface area contributed by atoms with Crippen molar-refractivity contribution < 1.29 is 9.90 Å². The minimum absolute atomic E-state index is 0.0172. The zero-order chi connectivity index (χ0) is 13.8. The Balaban J connectivity index is 2.19. The van der Waals surface area contributed by atoms with Crippen molar-refractivity contribution in [2.45, 2.75) is 18.6 Å². The summed E-state index contributed by atoms with van der Waals surface area (Å²) in [5.41, 5.74) is 1.11. The van der Waals surface area contributed by atoms with Crippen LogP contribution < -0.4 is 0 Å². The van der Waals surface area contributed by atoms with Gasteiger partial charge in [0.2, 0.25) is 0 Å². The first-order chi connectivity index (χ1) is 9.06. The third-order valence-corrected chi connectivity index (χ3v) is 3.90. The van der Waals surface area contributed by atoms with Gasteiger partial charge in [0.1, 0.15) is 5.82 Å². The number of rotatable bonds is 5. The van der Waals surface area contributed by atoms with Crippen molar-refractivity contribution >= 4 is 33.7 Å². The molecular formula is C12H12BrN3O2S. The molecule has 100 valence electrons. The number of carbonyl (C=O) groups is 1. The molecule has 0 saturated heterocycles. The van der Waals surface area contributed by atoms with E-state index in [0.29, 0.717) is 11.7 Å². The van der Waals surface area contributed by atoms with Gasteiger partial charge in [0.25, 0.3) is 0 Å². The Morgan fingerprint density at radius 3 is 2.95 bits per heavy atom. The average Bonchev–Trinajstić information content (AvgIpc) is 2.68. The highest BCUT2D eigenvalue weighted by Crippen LogP contribution is 2.19. The molecule has 0 spiro atoms. The van der Waals surface area contributed by atoms with Crippen LogP contribution in [0.25, 0.3) is 0 Å². The standard InChI is InChI=1S/C12H12BrN3O2S/c1-8-14-15-12(19-7-11(17)18)16(8)6-9-3-2-4-10(13)5-9/h2-5H,6-7H2,1H3,(H,17,18). The van der Waals surface area contributed by atoms with Crippen molar-refractivity contribution in [3.63, 3.8) is 0 Å². The molecular weight excluding hydrogens is 330 g/mol. The molecule has 7 heteroatoms. The summed E-state index contributed by atoms with van der Waals surface area (Å²) >= 11 is 4.61. The van der Waals surface area contributed by atoms with Gasteiger partial charge in [-0.25, -0.2) is 0 Å². The second-order valence-electron chi connectivity index (χ2n) is 3.93. The molecule has 0 aliphatic heterocycles. The molecule has 2 aromatic rings. The first-order valence-electron chi connectivity index (χ1n) is 5.55. The topological polar surface area (TPSA) is 68.0 Å². The normalized spacial score (nSPS) is 10.6. The fourth-order valence-electron chi connectivity index (χ4n) is 1.59. The molecule has 0 radical (unpaired) electrons. The van der Waals surface area contributed by atoms with Gasteiger partial charge in [0, 0.05) is 4.47 Å². The highest BCUT2D eigenvalue weighted by atomic mass is 79.9. The lowest BCUT2D eigenvalue weighted by Gasteiger charge is -2.08. The molecule has 0 atom stereocenters. The maximum absolute atomic E-state index is 10.6. The van der Waals surface area contributed by atoms with Gasteiger partial charge in [0.15, 0.2) is 5.16 Å². The smallest absolute Gasteiger partial charge is 0.313 e. The Bertz CT molecular complexity index is 600. The molecule has 1 aromatic heterocycles. The summed E-state index contributed by atoms with van der Waals surface area (Å²) in [5, 5.41) is 17.3. The Morgan fingerprint density at radius 2 is 2.26 bits per heavy atom. The predicted molar refractivity (Wildman–Crippen MR) is 76.4 cm³/mol. The molecule has 2 rings (SSSR count). The number of halogens is 1. The number of aromatic nitrogens is 3. The lowest BCUT2D eigenvalue weighted by atomic mass is 10.2. The molecule has 1 heterocycles. The highest BCUT2D eigenvalue weighted by Gasteiger charge is 2.11. The molecule has 0 amide bonds. The van der Waals surface area contributed by atoms with Crippen LogP contribution in [0.15, 0.2) is 33.9 Å². The van der Waals surface area contributed by atoms with Crippen molar-refractivity contribution in [1.82, 2.24) is 14.8 Å². The van der Waals surface area contributed by atoms with Gasteiger partial charge in [-0.2, -0.15) is 0 Å². The first-order valence-corrected chi connectivity index (χ1v) is 7.33. The van der Waals surface area contributed by atoms with Crippen molar-refractivity contribution in [3.05, 3.63) is 40.1 Å². The van der Waals surface area contributed by atoms with Crippen LogP contribution in [0.3, 0.4) is 0 Å². The Morgan fingerprint density at radius 1 is 1.47 bits per heavy atom. The van der Waals surface area contributed by atoms with E-state index in [1.807, 2.05) is 35.8 Å². The number of thioether (sulfide) groups is 1. The summed E-state index contributed by atoms with van der Waals surface area (Å²) < 4.78 is 2.92.